The number of halogens is 2. The van der Waals surface area contributed by atoms with Crippen LogP contribution in [0.25, 0.3) is 11.2 Å². The van der Waals surface area contributed by atoms with Crippen molar-refractivity contribution in [3.05, 3.63) is 16.8 Å². The summed E-state index contributed by atoms with van der Waals surface area (Å²) in [7, 11) is 0. The molecule has 8 nitrogen and oxygen atoms in total. The van der Waals surface area contributed by atoms with Crippen molar-refractivity contribution in [3.63, 3.8) is 0 Å². The second-order valence-electron chi connectivity index (χ2n) is 6.16. The molecule has 0 radical (unpaired) electrons. The van der Waals surface area contributed by atoms with E-state index in [0.717, 1.165) is 0 Å². The van der Waals surface area contributed by atoms with E-state index < -0.39 is 29.8 Å². The Morgan fingerprint density at radius 2 is 2.17 bits per heavy atom. The first-order chi connectivity index (χ1) is 11.3. The Hall–Kier alpha value is -1.48. The van der Waals surface area contributed by atoms with Gasteiger partial charge in [-0.3, -0.25) is 9.36 Å². The molecule has 0 bridgehead atoms. The SMILES string of the molecule is CC(=O)O[C@H]1[C@H](n2cnc3c(Cl)nc(Cl)nc32)O[C@H](CO)C1(C)C. The molecule has 2 aromatic rings. The molecule has 0 aliphatic carbocycles. The Balaban J connectivity index is 2.11. The monoisotopic (exact) mass is 374 g/mol. The van der Waals surface area contributed by atoms with Gasteiger partial charge in [0.1, 0.15) is 5.52 Å². The fraction of sp³-hybridized carbons (Fsp3) is 0.571. The van der Waals surface area contributed by atoms with E-state index in [2.05, 4.69) is 15.0 Å². The molecule has 0 saturated carbocycles. The number of aromatic nitrogens is 4. The predicted molar refractivity (Wildman–Crippen MR) is 85.7 cm³/mol. The van der Waals surface area contributed by atoms with Crippen LogP contribution in [0.4, 0.5) is 0 Å². The van der Waals surface area contributed by atoms with Gasteiger partial charge in [0, 0.05) is 12.3 Å². The highest BCUT2D eigenvalue weighted by Gasteiger charge is 2.53. The van der Waals surface area contributed by atoms with Crippen molar-refractivity contribution in [2.75, 3.05) is 6.61 Å². The molecule has 0 spiro atoms. The first kappa shape index (κ1) is 17.3. The van der Waals surface area contributed by atoms with Gasteiger partial charge in [-0.25, -0.2) is 9.97 Å². The first-order valence-corrected chi connectivity index (χ1v) is 8.00. The standard InChI is InChI=1S/C14H16Cl2N4O4/c1-6(22)23-9-12(24-7(4-21)14(9,2)3)20-5-17-8-10(15)18-13(16)19-11(8)20/h5,7,9,12,21H,4H2,1-3H3/t7-,9+,12-/m1/s1. The molecule has 1 aliphatic heterocycles. The van der Waals surface area contributed by atoms with E-state index in [4.69, 9.17) is 32.7 Å². The van der Waals surface area contributed by atoms with Crippen molar-refractivity contribution < 1.29 is 19.4 Å². The summed E-state index contributed by atoms with van der Waals surface area (Å²) in [5, 5.41) is 9.69. The topological polar surface area (TPSA) is 99.4 Å². The van der Waals surface area contributed by atoms with Gasteiger partial charge in [0.15, 0.2) is 23.1 Å². The lowest BCUT2D eigenvalue weighted by Crippen LogP contribution is -2.39. The average molecular weight is 375 g/mol. The molecule has 3 rings (SSSR count). The third-order valence-electron chi connectivity index (χ3n) is 4.21. The zero-order valence-corrected chi connectivity index (χ0v) is 14.7. The van der Waals surface area contributed by atoms with E-state index in [0.29, 0.717) is 11.2 Å². The van der Waals surface area contributed by atoms with Crippen molar-refractivity contribution in [2.45, 2.75) is 39.2 Å². The van der Waals surface area contributed by atoms with E-state index in [1.54, 1.807) is 4.57 Å². The van der Waals surface area contributed by atoms with E-state index in [-0.39, 0.29) is 17.0 Å². The molecule has 3 atom stereocenters. The molecule has 1 N–H and O–H groups in total. The maximum atomic E-state index is 11.5. The van der Waals surface area contributed by atoms with Crippen LogP contribution in [0, 0.1) is 5.41 Å². The Labute approximate surface area is 147 Å². The summed E-state index contributed by atoms with van der Waals surface area (Å²) in [6, 6.07) is 0. The van der Waals surface area contributed by atoms with Crippen molar-refractivity contribution >= 4 is 40.3 Å². The largest absolute Gasteiger partial charge is 0.457 e. The number of imidazole rings is 1. The second kappa shape index (κ2) is 6.11. The molecule has 10 heteroatoms. The number of nitrogens with zero attached hydrogens (tertiary/aromatic N) is 4. The number of hydrogen-bond donors (Lipinski definition) is 1. The number of carbonyl (C=O) groups excluding carboxylic acids is 1. The van der Waals surface area contributed by atoms with Crippen LogP contribution in [0.2, 0.25) is 10.4 Å². The Bertz CT molecular complexity index is 794. The van der Waals surface area contributed by atoms with Crippen molar-refractivity contribution in [1.82, 2.24) is 19.5 Å². The lowest BCUT2D eigenvalue weighted by molar-refractivity contribution is -0.155. The van der Waals surface area contributed by atoms with Gasteiger partial charge in [-0.05, 0) is 11.6 Å². The Morgan fingerprint density at radius 1 is 1.46 bits per heavy atom. The van der Waals surface area contributed by atoms with Crippen LogP contribution in [0.5, 0.6) is 0 Å². The molecule has 3 heterocycles. The van der Waals surface area contributed by atoms with Crippen LogP contribution < -0.4 is 0 Å². The third kappa shape index (κ3) is 2.73. The van der Waals surface area contributed by atoms with E-state index in [1.165, 1.54) is 13.3 Å². The zero-order chi connectivity index (χ0) is 17.6. The van der Waals surface area contributed by atoms with Crippen LogP contribution >= 0.6 is 23.2 Å². The third-order valence-corrected chi connectivity index (χ3v) is 4.64. The summed E-state index contributed by atoms with van der Waals surface area (Å²) in [5.74, 6) is -0.449. The highest BCUT2D eigenvalue weighted by Crippen LogP contribution is 2.45. The maximum Gasteiger partial charge on any atom is 0.303 e. The molecule has 1 saturated heterocycles. The quantitative estimate of drug-likeness (QED) is 0.498. The van der Waals surface area contributed by atoms with Gasteiger partial charge in [0.2, 0.25) is 5.28 Å². The lowest BCUT2D eigenvalue weighted by atomic mass is 9.82. The van der Waals surface area contributed by atoms with E-state index in [1.807, 2.05) is 13.8 Å². The second-order valence-corrected chi connectivity index (χ2v) is 6.85. The highest BCUT2D eigenvalue weighted by molar-refractivity contribution is 6.35. The summed E-state index contributed by atoms with van der Waals surface area (Å²) in [6.07, 6.45) is -0.444. The van der Waals surface area contributed by atoms with Gasteiger partial charge < -0.3 is 14.6 Å². The molecular weight excluding hydrogens is 359 g/mol. The number of aliphatic hydroxyl groups excluding tert-OH is 1. The van der Waals surface area contributed by atoms with Crippen molar-refractivity contribution in [3.8, 4) is 0 Å². The normalized spacial score (nSPS) is 26.0. The minimum atomic E-state index is -0.729. The summed E-state index contributed by atoms with van der Waals surface area (Å²) >= 11 is 11.9. The predicted octanol–water partition coefficient (Wildman–Crippen LogP) is 1.98. The summed E-state index contributed by atoms with van der Waals surface area (Å²) < 4.78 is 13.0. The fourth-order valence-corrected chi connectivity index (χ4v) is 3.31. The van der Waals surface area contributed by atoms with Crippen molar-refractivity contribution in [2.24, 2.45) is 5.41 Å². The number of aliphatic hydroxyl groups is 1. The highest BCUT2D eigenvalue weighted by atomic mass is 35.5. The number of hydrogen-bond acceptors (Lipinski definition) is 7. The number of carbonyl (C=O) groups is 1. The van der Waals surface area contributed by atoms with Crippen molar-refractivity contribution in [1.29, 1.82) is 0 Å². The number of ether oxygens (including phenoxy) is 2. The van der Waals surface area contributed by atoms with Gasteiger partial charge >= 0.3 is 5.97 Å². The smallest absolute Gasteiger partial charge is 0.303 e. The first-order valence-electron chi connectivity index (χ1n) is 7.24. The van der Waals surface area contributed by atoms with Gasteiger partial charge in [-0.15, -0.1) is 0 Å². The molecule has 0 amide bonds. The van der Waals surface area contributed by atoms with Crippen LogP contribution in [0.1, 0.15) is 27.0 Å². The van der Waals surface area contributed by atoms with Gasteiger partial charge in [0.25, 0.3) is 0 Å². The van der Waals surface area contributed by atoms with Crippen LogP contribution in [-0.4, -0.2) is 49.4 Å². The van der Waals surface area contributed by atoms with Gasteiger partial charge in [0.05, 0.1) is 19.0 Å². The van der Waals surface area contributed by atoms with Gasteiger partial charge in [-0.1, -0.05) is 25.4 Å². The molecule has 1 aliphatic rings. The Kier molecular flexibility index (Phi) is 4.41. The summed E-state index contributed by atoms with van der Waals surface area (Å²) in [4.78, 5) is 23.7. The van der Waals surface area contributed by atoms with E-state index in [9.17, 15) is 9.90 Å². The average Bonchev–Trinajstić information content (AvgIpc) is 2.99. The van der Waals surface area contributed by atoms with Crippen LogP contribution in [0.15, 0.2) is 6.33 Å². The summed E-state index contributed by atoms with van der Waals surface area (Å²) in [6.45, 7) is 4.82. The number of fused-ring (bicyclic) bond motifs is 1. The Morgan fingerprint density at radius 3 is 2.79 bits per heavy atom. The lowest BCUT2D eigenvalue weighted by Gasteiger charge is -2.30. The fourth-order valence-electron chi connectivity index (χ4n) is 2.89. The minimum absolute atomic E-state index is 0.0331. The molecule has 0 unspecified atom stereocenters. The maximum absolute atomic E-state index is 11.5. The van der Waals surface area contributed by atoms with E-state index >= 15 is 0 Å². The molecule has 0 aromatic carbocycles. The number of rotatable bonds is 3. The molecule has 130 valence electrons. The molecule has 1 fully saturated rings. The van der Waals surface area contributed by atoms with Crippen LogP contribution in [-0.2, 0) is 14.3 Å². The summed E-state index contributed by atoms with van der Waals surface area (Å²) in [5.41, 5.74) is 0.0931. The van der Waals surface area contributed by atoms with Gasteiger partial charge in [-0.2, -0.15) is 4.98 Å². The molecule has 24 heavy (non-hydrogen) atoms. The molecule has 2 aromatic heterocycles. The zero-order valence-electron chi connectivity index (χ0n) is 13.2. The van der Waals surface area contributed by atoms with Crippen LogP contribution in [0.3, 0.4) is 0 Å². The number of esters is 1. The molecular formula is C14H16Cl2N4O4. The minimum Gasteiger partial charge on any atom is -0.457 e.